The fraction of sp³-hybridized carbons (Fsp3) is 0.222. The van der Waals surface area contributed by atoms with E-state index in [0.29, 0.717) is 48.2 Å². The van der Waals surface area contributed by atoms with Crippen LogP contribution in [0.5, 0.6) is 11.5 Å². The first-order valence-electron chi connectivity index (χ1n) is 11.1. The van der Waals surface area contributed by atoms with Crippen LogP contribution in [0.2, 0.25) is 0 Å². The molecule has 0 saturated carbocycles. The lowest BCUT2D eigenvalue weighted by Gasteiger charge is -2.18. The molecule has 0 radical (unpaired) electrons. The number of amides is 1. The molecule has 0 spiro atoms. The Morgan fingerprint density at radius 2 is 1.45 bits per heavy atom. The molecule has 2 N–H and O–H groups in total. The standard InChI is InChI=1S/C27H27N3O3/c1-4-30(5-2)27(33)22-13-12-19-9-11-21(26(32)24(19)29-22)16-17(3)15-20-10-8-18-7-6-14-28-23(18)25(20)31/h6-14,31-32H,3-5,15-16H2,1-2H3. The highest BCUT2D eigenvalue weighted by molar-refractivity contribution is 5.96. The summed E-state index contributed by atoms with van der Waals surface area (Å²) in [6, 6.07) is 14.8. The van der Waals surface area contributed by atoms with Crippen LogP contribution in [0.15, 0.2) is 66.9 Å². The molecular formula is C27H27N3O3. The number of aromatic hydroxyl groups is 2. The molecule has 6 heteroatoms. The first kappa shape index (κ1) is 22.3. The van der Waals surface area contributed by atoms with Crippen LogP contribution < -0.4 is 0 Å². The maximum Gasteiger partial charge on any atom is 0.272 e. The number of carbonyl (C=O) groups is 1. The molecule has 0 fully saturated rings. The van der Waals surface area contributed by atoms with Crippen molar-refractivity contribution >= 4 is 27.7 Å². The molecule has 0 saturated heterocycles. The Labute approximate surface area is 192 Å². The van der Waals surface area contributed by atoms with E-state index in [1.165, 1.54) is 0 Å². The number of phenolic OH excluding ortho intramolecular Hbond substituents is 2. The average Bonchev–Trinajstić information content (AvgIpc) is 2.83. The number of nitrogens with zero attached hydrogens (tertiary/aromatic N) is 3. The van der Waals surface area contributed by atoms with Crippen LogP contribution in [0.3, 0.4) is 0 Å². The molecular weight excluding hydrogens is 414 g/mol. The van der Waals surface area contributed by atoms with Crippen LogP contribution in [-0.4, -0.2) is 44.1 Å². The highest BCUT2D eigenvalue weighted by Gasteiger charge is 2.17. The minimum Gasteiger partial charge on any atom is -0.505 e. The number of hydrogen-bond donors (Lipinski definition) is 2. The van der Waals surface area contributed by atoms with Gasteiger partial charge in [-0.1, -0.05) is 48.6 Å². The Balaban J connectivity index is 1.59. The predicted octanol–water partition coefficient (Wildman–Crippen LogP) is 5.02. The zero-order valence-electron chi connectivity index (χ0n) is 18.9. The first-order valence-corrected chi connectivity index (χ1v) is 11.1. The van der Waals surface area contributed by atoms with E-state index in [1.807, 2.05) is 50.2 Å². The van der Waals surface area contributed by atoms with Gasteiger partial charge in [0.25, 0.3) is 5.91 Å². The van der Waals surface area contributed by atoms with Crippen LogP contribution in [0.4, 0.5) is 0 Å². The molecule has 33 heavy (non-hydrogen) atoms. The summed E-state index contributed by atoms with van der Waals surface area (Å²) in [4.78, 5) is 23.1. The van der Waals surface area contributed by atoms with E-state index in [2.05, 4.69) is 16.5 Å². The van der Waals surface area contributed by atoms with Gasteiger partial charge in [0, 0.05) is 41.2 Å². The normalized spacial score (nSPS) is 11.1. The molecule has 0 bridgehead atoms. The lowest BCUT2D eigenvalue weighted by Crippen LogP contribution is -2.31. The molecule has 0 aliphatic rings. The van der Waals surface area contributed by atoms with Gasteiger partial charge in [0.15, 0.2) is 0 Å². The highest BCUT2D eigenvalue weighted by Crippen LogP contribution is 2.32. The van der Waals surface area contributed by atoms with Gasteiger partial charge >= 0.3 is 0 Å². The average molecular weight is 442 g/mol. The van der Waals surface area contributed by atoms with Gasteiger partial charge < -0.3 is 15.1 Å². The van der Waals surface area contributed by atoms with Crippen LogP contribution in [0.1, 0.15) is 35.5 Å². The second kappa shape index (κ2) is 9.28. The fourth-order valence-corrected chi connectivity index (χ4v) is 4.07. The van der Waals surface area contributed by atoms with Crippen molar-refractivity contribution in [3.05, 3.63) is 83.7 Å². The van der Waals surface area contributed by atoms with Crippen molar-refractivity contribution in [2.45, 2.75) is 26.7 Å². The first-order chi connectivity index (χ1) is 15.9. The zero-order chi connectivity index (χ0) is 23.5. The Hall–Kier alpha value is -3.93. The smallest absolute Gasteiger partial charge is 0.272 e. The summed E-state index contributed by atoms with van der Waals surface area (Å²) in [7, 11) is 0. The van der Waals surface area contributed by atoms with Crippen molar-refractivity contribution in [2.24, 2.45) is 0 Å². The zero-order valence-corrected chi connectivity index (χ0v) is 18.9. The summed E-state index contributed by atoms with van der Waals surface area (Å²) in [6.45, 7) is 9.19. The Kier molecular flexibility index (Phi) is 6.27. The Bertz CT molecular complexity index is 1360. The Morgan fingerprint density at radius 1 is 0.879 bits per heavy atom. The number of pyridine rings is 2. The molecule has 4 rings (SSSR count). The molecule has 4 aromatic rings. The number of hydrogen-bond acceptors (Lipinski definition) is 5. The number of allylic oxidation sites excluding steroid dienone is 1. The van der Waals surface area contributed by atoms with Gasteiger partial charge in [-0.15, -0.1) is 0 Å². The minimum absolute atomic E-state index is 0.0484. The highest BCUT2D eigenvalue weighted by atomic mass is 16.3. The quantitative estimate of drug-likeness (QED) is 0.393. The minimum atomic E-state index is -0.156. The van der Waals surface area contributed by atoms with Gasteiger partial charge in [0.05, 0.1) is 0 Å². The van der Waals surface area contributed by atoms with E-state index in [-0.39, 0.29) is 17.4 Å². The summed E-state index contributed by atoms with van der Waals surface area (Å²) < 4.78 is 0. The largest absolute Gasteiger partial charge is 0.505 e. The van der Waals surface area contributed by atoms with Crippen molar-refractivity contribution in [3.63, 3.8) is 0 Å². The van der Waals surface area contributed by atoms with Crippen LogP contribution in [0, 0.1) is 0 Å². The predicted molar refractivity (Wildman–Crippen MR) is 131 cm³/mol. The third-order valence-corrected chi connectivity index (χ3v) is 5.90. The molecule has 0 atom stereocenters. The van der Waals surface area contributed by atoms with E-state index in [0.717, 1.165) is 21.9 Å². The van der Waals surface area contributed by atoms with Gasteiger partial charge in [-0.2, -0.15) is 0 Å². The molecule has 2 aromatic heterocycles. The van der Waals surface area contributed by atoms with E-state index >= 15 is 0 Å². The SMILES string of the molecule is C=C(Cc1ccc2cccnc2c1O)Cc1ccc2ccc(C(=O)N(CC)CC)nc2c1O. The van der Waals surface area contributed by atoms with Crippen LogP contribution in [0.25, 0.3) is 21.8 Å². The van der Waals surface area contributed by atoms with Crippen LogP contribution >= 0.6 is 0 Å². The number of rotatable bonds is 7. The molecule has 0 aliphatic carbocycles. The maximum absolute atomic E-state index is 12.7. The summed E-state index contributed by atoms with van der Waals surface area (Å²) >= 11 is 0. The monoisotopic (exact) mass is 441 g/mol. The van der Waals surface area contributed by atoms with E-state index in [4.69, 9.17) is 0 Å². The summed E-state index contributed by atoms with van der Waals surface area (Å²) in [5, 5.41) is 23.2. The van der Waals surface area contributed by atoms with E-state index < -0.39 is 0 Å². The van der Waals surface area contributed by atoms with Crippen molar-refractivity contribution in [2.75, 3.05) is 13.1 Å². The van der Waals surface area contributed by atoms with Gasteiger partial charge in [-0.25, -0.2) is 4.98 Å². The third kappa shape index (κ3) is 4.37. The van der Waals surface area contributed by atoms with Gasteiger partial charge in [-0.3, -0.25) is 9.78 Å². The third-order valence-electron chi connectivity index (χ3n) is 5.90. The van der Waals surface area contributed by atoms with E-state index in [1.54, 1.807) is 23.2 Å². The van der Waals surface area contributed by atoms with Crippen LogP contribution in [-0.2, 0) is 12.8 Å². The molecule has 6 nitrogen and oxygen atoms in total. The molecule has 0 unspecified atom stereocenters. The molecule has 2 heterocycles. The van der Waals surface area contributed by atoms with E-state index in [9.17, 15) is 15.0 Å². The van der Waals surface area contributed by atoms with Crippen molar-refractivity contribution in [1.82, 2.24) is 14.9 Å². The molecule has 168 valence electrons. The van der Waals surface area contributed by atoms with Gasteiger partial charge in [-0.05, 0) is 38.8 Å². The molecule has 1 amide bonds. The topological polar surface area (TPSA) is 86.6 Å². The second-order valence-corrected chi connectivity index (χ2v) is 8.07. The van der Waals surface area contributed by atoms with Crippen molar-refractivity contribution in [1.29, 1.82) is 0 Å². The lowest BCUT2D eigenvalue weighted by atomic mass is 9.96. The number of carbonyl (C=O) groups excluding carboxylic acids is 1. The fourth-order valence-electron chi connectivity index (χ4n) is 4.07. The second-order valence-electron chi connectivity index (χ2n) is 8.07. The molecule has 0 aliphatic heterocycles. The van der Waals surface area contributed by atoms with Gasteiger partial charge in [0.2, 0.25) is 0 Å². The maximum atomic E-state index is 12.7. The van der Waals surface area contributed by atoms with Crippen molar-refractivity contribution in [3.8, 4) is 11.5 Å². The number of fused-ring (bicyclic) bond motifs is 2. The van der Waals surface area contributed by atoms with Crippen molar-refractivity contribution < 1.29 is 15.0 Å². The number of phenols is 2. The summed E-state index contributed by atoms with van der Waals surface area (Å²) in [5.74, 6) is 0.0435. The summed E-state index contributed by atoms with van der Waals surface area (Å²) in [6.07, 6.45) is 2.51. The van der Waals surface area contributed by atoms with Gasteiger partial charge in [0.1, 0.15) is 28.2 Å². The number of benzene rings is 2. The Morgan fingerprint density at radius 3 is 2.09 bits per heavy atom. The molecule has 2 aromatic carbocycles. The number of aromatic nitrogens is 2. The lowest BCUT2D eigenvalue weighted by molar-refractivity contribution is 0.0767. The summed E-state index contributed by atoms with van der Waals surface area (Å²) in [5.41, 5.74) is 3.50.